The number of rotatable bonds is 8. The molecule has 3 rings (SSSR count). The van der Waals surface area contributed by atoms with E-state index in [1.165, 1.54) is 44.6 Å². The molecule has 1 aliphatic rings. The van der Waals surface area contributed by atoms with Gasteiger partial charge in [0.25, 0.3) is 15.9 Å². The van der Waals surface area contributed by atoms with Crippen LogP contribution in [0.5, 0.6) is 17.2 Å². The van der Waals surface area contributed by atoms with Crippen molar-refractivity contribution in [2.24, 2.45) is 0 Å². The Morgan fingerprint density at radius 1 is 1.03 bits per heavy atom. The first-order valence-electron chi connectivity index (χ1n) is 9.72. The zero-order chi connectivity index (χ0) is 22.4. The van der Waals surface area contributed by atoms with Crippen LogP contribution < -0.4 is 18.9 Å². The van der Waals surface area contributed by atoms with Crippen LogP contribution in [0.4, 0.5) is 5.69 Å². The van der Waals surface area contributed by atoms with Gasteiger partial charge >= 0.3 is 0 Å². The minimum atomic E-state index is -3.83. The highest BCUT2D eigenvalue weighted by atomic mass is 32.2. The average molecular weight is 451 g/mol. The number of anilines is 1. The summed E-state index contributed by atoms with van der Waals surface area (Å²) in [5.41, 5.74) is 0.336. The molecule has 0 aliphatic carbocycles. The minimum Gasteiger partial charge on any atom is -0.493 e. The third-order valence-corrected chi connectivity index (χ3v) is 6.15. The number of carbonyl (C=O) groups excluding carboxylic acids is 1. The molecule has 0 radical (unpaired) electrons. The van der Waals surface area contributed by atoms with Crippen LogP contribution >= 0.6 is 0 Å². The smallest absolute Gasteiger partial charge is 0.263 e. The predicted octanol–water partition coefficient (Wildman–Crippen LogP) is 2.13. The van der Waals surface area contributed by atoms with E-state index in [4.69, 9.17) is 18.9 Å². The van der Waals surface area contributed by atoms with E-state index in [9.17, 15) is 13.2 Å². The van der Waals surface area contributed by atoms with E-state index in [1.807, 2.05) is 0 Å². The van der Waals surface area contributed by atoms with Gasteiger partial charge in [0.1, 0.15) is 5.75 Å². The highest BCUT2D eigenvalue weighted by Crippen LogP contribution is 2.31. The first-order valence-corrected chi connectivity index (χ1v) is 11.2. The van der Waals surface area contributed by atoms with Crippen LogP contribution in [-0.2, 0) is 19.6 Å². The van der Waals surface area contributed by atoms with Crippen molar-refractivity contribution in [3.05, 3.63) is 42.5 Å². The van der Waals surface area contributed by atoms with Gasteiger partial charge in [0.15, 0.2) is 17.6 Å². The molecular weight excluding hydrogens is 424 g/mol. The first-order chi connectivity index (χ1) is 14.8. The fraction of sp³-hybridized carbons (Fsp3) is 0.381. The van der Waals surface area contributed by atoms with Crippen LogP contribution in [0.3, 0.4) is 0 Å². The highest BCUT2D eigenvalue weighted by Gasteiger charge is 2.24. The lowest BCUT2D eigenvalue weighted by Crippen LogP contribution is -2.46. The molecule has 1 N–H and O–H groups in total. The van der Waals surface area contributed by atoms with Gasteiger partial charge < -0.3 is 23.8 Å². The van der Waals surface area contributed by atoms with E-state index >= 15 is 0 Å². The fourth-order valence-corrected chi connectivity index (χ4v) is 4.16. The molecule has 0 aromatic heterocycles. The Balaban J connectivity index is 1.66. The van der Waals surface area contributed by atoms with Crippen molar-refractivity contribution in [1.29, 1.82) is 0 Å². The second kappa shape index (κ2) is 9.88. The van der Waals surface area contributed by atoms with E-state index in [1.54, 1.807) is 24.0 Å². The topological polar surface area (TPSA) is 103 Å². The SMILES string of the molecule is COc1ccc(NS(=O)(=O)c2ccc(O[C@H](C)C(=O)N3CCOCC3)cc2)cc1OC. The molecule has 0 bridgehead atoms. The van der Waals surface area contributed by atoms with Crippen LogP contribution in [0.15, 0.2) is 47.4 Å². The Labute approximate surface area is 181 Å². The van der Waals surface area contributed by atoms with Crippen molar-refractivity contribution in [3.63, 3.8) is 0 Å². The van der Waals surface area contributed by atoms with Gasteiger partial charge in [0.2, 0.25) is 0 Å². The number of hydrogen-bond acceptors (Lipinski definition) is 7. The van der Waals surface area contributed by atoms with Crippen molar-refractivity contribution in [1.82, 2.24) is 4.90 Å². The average Bonchev–Trinajstić information content (AvgIpc) is 2.79. The van der Waals surface area contributed by atoms with Crippen LogP contribution in [0.25, 0.3) is 0 Å². The van der Waals surface area contributed by atoms with Gasteiger partial charge in [-0.25, -0.2) is 8.42 Å². The fourth-order valence-electron chi connectivity index (χ4n) is 3.11. The normalized spacial score (nSPS) is 15.1. The lowest BCUT2D eigenvalue weighted by atomic mass is 10.3. The van der Waals surface area contributed by atoms with Crippen molar-refractivity contribution in [2.45, 2.75) is 17.9 Å². The molecule has 10 heteroatoms. The molecule has 0 spiro atoms. The lowest BCUT2D eigenvalue weighted by Gasteiger charge is -2.29. The van der Waals surface area contributed by atoms with E-state index in [0.717, 1.165) is 0 Å². The van der Waals surface area contributed by atoms with Crippen LogP contribution in [0.1, 0.15) is 6.92 Å². The molecule has 1 amide bonds. The summed E-state index contributed by atoms with van der Waals surface area (Å²) >= 11 is 0. The summed E-state index contributed by atoms with van der Waals surface area (Å²) in [4.78, 5) is 14.2. The molecule has 1 saturated heterocycles. The van der Waals surface area contributed by atoms with Gasteiger partial charge in [-0.3, -0.25) is 9.52 Å². The first kappa shape index (κ1) is 22.7. The van der Waals surface area contributed by atoms with E-state index < -0.39 is 16.1 Å². The maximum Gasteiger partial charge on any atom is 0.263 e. The van der Waals surface area contributed by atoms with Gasteiger partial charge in [-0.15, -0.1) is 0 Å². The Hall–Kier alpha value is -2.98. The van der Waals surface area contributed by atoms with Crippen LogP contribution in [0.2, 0.25) is 0 Å². The number of morpholine rings is 1. The number of carbonyl (C=O) groups is 1. The minimum absolute atomic E-state index is 0.0572. The Morgan fingerprint density at radius 3 is 2.29 bits per heavy atom. The van der Waals surface area contributed by atoms with Crippen molar-refractivity contribution < 1.29 is 32.2 Å². The van der Waals surface area contributed by atoms with Gasteiger partial charge in [-0.1, -0.05) is 0 Å². The third kappa shape index (κ3) is 5.59. The van der Waals surface area contributed by atoms with Crippen LogP contribution in [-0.4, -0.2) is 65.9 Å². The number of nitrogens with one attached hydrogen (secondary N) is 1. The number of nitrogens with zero attached hydrogens (tertiary/aromatic N) is 1. The molecule has 31 heavy (non-hydrogen) atoms. The molecule has 1 aliphatic heterocycles. The van der Waals surface area contributed by atoms with Crippen LogP contribution in [0, 0.1) is 0 Å². The molecule has 2 aromatic rings. The second-order valence-electron chi connectivity index (χ2n) is 6.84. The highest BCUT2D eigenvalue weighted by molar-refractivity contribution is 7.92. The number of ether oxygens (including phenoxy) is 4. The van der Waals surface area contributed by atoms with Gasteiger partial charge in [0.05, 0.1) is 38.0 Å². The monoisotopic (exact) mass is 450 g/mol. The summed E-state index contributed by atoms with van der Waals surface area (Å²) in [6.45, 7) is 3.76. The maximum atomic E-state index is 12.7. The number of methoxy groups -OCH3 is 2. The van der Waals surface area contributed by atoms with Gasteiger partial charge in [-0.2, -0.15) is 0 Å². The zero-order valence-corrected chi connectivity index (χ0v) is 18.5. The predicted molar refractivity (Wildman–Crippen MR) is 114 cm³/mol. The van der Waals surface area contributed by atoms with Crippen molar-refractivity contribution >= 4 is 21.6 Å². The summed E-state index contributed by atoms with van der Waals surface area (Å²) in [6.07, 6.45) is -0.689. The number of amides is 1. The molecule has 1 atom stereocenters. The molecule has 1 fully saturated rings. The van der Waals surface area contributed by atoms with E-state index in [2.05, 4.69) is 4.72 Å². The third-order valence-electron chi connectivity index (χ3n) is 4.75. The summed E-state index contributed by atoms with van der Waals surface area (Å²) in [6, 6.07) is 10.6. The molecule has 1 heterocycles. The molecule has 2 aromatic carbocycles. The summed E-state index contributed by atoms with van der Waals surface area (Å²) < 4.78 is 49.2. The summed E-state index contributed by atoms with van der Waals surface area (Å²) in [5.74, 6) is 1.17. The lowest BCUT2D eigenvalue weighted by molar-refractivity contribution is -0.142. The summed E-state index contributed by atoms with van der Waals surface area (Å²) in [7, 11) is -0.855. The Bertz CT molecular complexity index is 1000. The van der Waals surface area contributed by atoms with Crippen molar-refractivity contribution in [3.8, 4) is 17.2 Å². The zero-order valence-electron chi connectivity index (χ0n) is 17.7. The van der Waals surface area contributed by atoms with E-state index in [-0.39, 0.29) is 10.8 Å². The number of hydrogen-bond donors (Lipinski definition) is 1. The Morgan fingerprint density at radius 2 is 1.68 bits per heavy atom. The second-order valence-corrected chi connectivity index (χ2v) is 8.53. The van der Waals surface area contributed by atoms with E-state index in [0.29, 0.717) is 49.2 Å². The molecule has 0 saturated carbocycles. The quantitative estimate of drug-likeness (QED) is 0.657. The Kier molecular flexibility index (Phi) is 7.24. The molecule has 0 unspecified atom stereocenters. The number of sulfonamides is 1. The standard InChI is InChI=1S/C21H26N2O7S/c1-15(21(24)23-10-12-29-13-11-23)30-17-5-7-18(8-6-17)31(25,26)22-16-4-9-19(27-2)20(14-16)28-3/h4-9,14-15,22H,10-13H2,1-3H3/t15-/m1/s1. The molecule has 168 valence electrons. The molecular formula is C21H26N2O7S. The molecule has 9 nitrogen and oxygen atoms in total. The van der Waals surface area contributed by atoms with Gasteiger partial charge in [-0.05, 0) is 43.3 Å². The maximum absolute atomic E-state index is 12.7. The summed E-state index contributed by atoms with van der Waals surface area (Å²) in [5, 5.41) is 0. The largest absolute Gasteiger partial charge is 0.493 e. The van der Waals surface area contributed by atoms with Crippen molar-refractivity contribution in [2.75, 3.05) is 45.2 Å². The van der Waals surface area contributed by atoms with Gasteiger partial charge in [0, 0.05) is 19.2 Å². The number of benzene rings is 2.